The van der Waals surface area contributed by atoms with Crippen LogP contribution in [-0.4, -0.2) is 9.97 Å². The van der Waals surface area contributed by atoms with Gasteiger partial charge < -0.3 is 4.98 Å². The quantitative estimate of drug-likeness (QED) is 0.693. The van der Waals surface area contributed by atoms with Gasteiger partial charge in [0.05, 0.1) is 27.5 Å². The molecule has 1 N–H and O–H groups in total. The Hall–Kier alpha value is -1.84. The lowest BCUT2D eigenvalue weighted by molar-refractivity contribution is 0.628. The molecule has 0 saturated carbocycles. The van der Waals surface area contributed by atoms with Crippen LogP contribution in [-0.2, 0) is 0 Å². The molecular formula is C15H9Cl2FN2. The molecule has 5 heteroatoms. The maximum atomic E-state index is 12.9. The summed E-state index contributed by atoms with van der Waals surface area (Å²) < 4.78 is 12.9. The first-order valence-corrected chi connectivity index (χ1v) is 6.66. The van der Waals surface area contributed by atoms with Crippen LogP contribution in [0.2, 0.25) is 10.0 Å². The Labute approximate surface area is 125 Å². The van der Waals surface area contributed by atoms with Gasteiger partial charge in [0.2, 0.25) is 0 Å². The third-order valence-corrected chi connectivity index (χ3v) is 3.56. The number of nitrogens with one attached hydrogen (secondary N) is 1. The molecule has 0 spiro atoms. The highest BCUT2D eigenvalue weighted by molar-refractivity contribution is 6.38. The molecule has 0 radical (unpaired) electrons. The Balaban J connectivity index is 2.04. The van der Waals surface area contributed by atoms with Crippen molar-refractivity contribution < 1.29 is 4.39 Å². The summed E-state index contributed by atoms with van der Waals surface area (Å²) in [4.78, 5) is 7.43. The van der Waals surface area contributed by atoms with Crippen molar-refractivity contribution in [2.24, 2.45) is 0 Å². The molecule has 0 bridgehead atoms. The zero-order valence-electron chi connectivity index (χ0n) is 10.2. The standard InChI is InChI=1S/C15H9Cl2FN2/c16-11-2-1-3-12(17)14(11)15-19-8-13(20-15)9-4-6-10(18)7-5-9/h1-8H,(H,19,20). The Morgan fingerprint density at radius 2 is 1.60 bits per heavy atom. The van der Waals surface area contributed by atoms with E-state index in [-0.39, 0.29) is 5.82 Å². The second-order valence-corrected chi connectivity index (χ2v) is 5.06. The predicted molar refractivity (Wildman–Crippen MR) is 79.4 cm³/mol. The van der Waals surface area contributed by atoms with Crippen LogP contribution in [0.5, 0.6) is 0 Å². The van der Waals surface area contributed by atoms with E-state index in [1.54, 1.807) is 36.5 Å². The summed E-state index contributed by atoms with van der Waals surface area (Å²) in [6, 6.07) is 11.4. The van der Waals surface area contributed by atoms with Crippen LogP contribution < -0.4 is 0 Å². The molecule has 2 nitrogen and oxygen atoms in total. The molecule has 3 rings (SSSR count). The maximum absolute atomic E-state index is 12.9. The van der Waals surface area contributed by atoms with Crippen LogP contribution in [0.1, 0.15) is 0 Å². The second-order valence-electron chi connectivity index (χ2n) is 4.25. The molecule has 2 aromatic carbocycles. The van der Waals surface area contributed by atoms with Gasteiger partial charge in [-0.25, -0.2) is 9.37 Å². The highest BCUT2D eigenvalue weighted by Crippen LogP contribution is 2.33. The summed E-state index contributed by atoms with van der Waals surface area (Å²) in [6.07, 6.45) is 1.67. The van der Waals surface area contributed by atoms with E-state index in [2.05, 4.69) is 9.97 Å². The molecule has 0 unspecified atom stereocenters. The number of hydrogen-bond acceptors (Lipinski definition) is 1. The largest absolute Gasteiger partial charge is 0.338 e. The number of benzene rings is 2. The summed E-state index contributed by atoms with van der Waals surface area (Å²) in [5.41, 5.74) is 2.27. The molecule has 0 aliphatic rings. The number of H-pyrrole nitrogens is 1. The molecule has 0 aliphatic heterocycles. The Kier molecular flexibility index (Phi) is 3.47. The monoisotopic (exact) mass is 306 g/mol. The molecule has 0 amide bonds. The minimum atomic E-state index is -0.275. The van der Waals surface area contributed by atoms with Gasteiger partial charge in [-0.15, -0.1) is 0 Å². The van der Waals surface area contributed by atoms with E-state index in [1.807, 2.05) is 0 Å². The fourth-order valence-electron chi connectivity index (χ4n) is 1.95. The maximum Gasteiger partial charge on any atom is 0.140 e. The molecule has 0 atom stereocenters. The van der Waals surface area contributed by atoms with Crippen molar-refractivity contribution in [1.82, 2.24) is 9.97 Å². The van der Waals surface area contributed by atoms with Gasteiger partial charge in [-0.05, 0) is 42.0 Å². The van der Waals surface area contributed by atoms with Crippen LogP contribution in [0.15, 0.2) is 48.7 Å². The number of imidazole rings is 1. The highest BCUT2D eigenvalue weighted by Gasteiger charge is 2.12. The van der Waals surface area contributed by atoms with E-state index in [9.17, 15) is 4.39 Å². The van der Waals surface area contributed by atoms with E-state index in [4.69, 9.17) is 23.2 Å². The van der Waals surface area contributed by atoms with Gasteiger partial charge in [-0.1, -0.05) is 29.3 Å². The fourth-order valence-corrected chi connectivity index (χ4v) is 2.52. The van der Waals surface area contributed by atoms with Gasteiger partial charge in [0.15, 0.2) is 0 Å². The van der Waals surface area contributed by atoms with E-state index in [0.717, 1.165) is 11.3 Å². The lowest BCUT2D eigenvalue weighted by Crippen LogP contribution is -1.84. The normalized spacial score (nSPS) is 10.8. The second kappa shape index (κ2) is 5.27. The van der Waals surface area contributed by atoms with E-state index < -0.39 is 0 Å². The lowest BCUT2D eigenvalue weighted by Gasteiger charge is -2.03. The Morgan fingerprint density at radius 1 is 0.950 bits per heavy atom. The number of hydrogen-bond donors (Lipinski definition) is 1. The van der Waals surface area contributed by atoms with Crippen LogP contribution in [0.25, 0.3) is 22.6 Å². The average molecular weight is 307 g/mol. The van der Waals surface area contributed by atoms with Crippen LogP contribution in [0, 0.1) is 5.82 Å². The first-order chi connectivity index (χ1) is 9.65. The Morgan fingerprint density at radius 3 is 2.25 bits per heavy atom. The number of aromatic amines is 1. The summed E-state index contributed by atoms with van der Waals surface area (Å²) in [5.74, 6) is 0.308. The van der Waals surface area contributed by atoms with Crippen molar-refractivity contribution in [3.63, 3.8) is 0 Å². The van der Waals surface area contributed by atoms with Crippen LogP contribution >= 0.6 is 23.2 Å². The summed E-state index contributed by atoms with van der Waals surface area (Å²) in [5, 5.41) is 1.05. The van der Waals surface area contributed by atoms with Crippen LogP contribution in [0.4, 0.5) is 4.39 Å². The first kappa shape index (κ1) is 13.2. The Bertz CT molecular complexity index is 731. The van der Waals surface area contributed by atoms with Gasteiger partial charge in [0.1, 0.15) is 11.6 Å². The molecule has 1 aromatic heterocycles. The summed E-state index contributed by atoms with van der Waals surface area (Å²) in [6.45, 7) is 0. The third-order valence-electron chi connectivity index (χ3n) is 2.93. The molecule has 0 saturated heterocycles. The fraction of sp³-hybridized carbons (Fsp3) is 0. The van der Waals surface area contributed by atoms with Crippen molar-refractivity contribution in [3.05, 3.63) is 64.5 Å². The summed E-state index contributed by atoms with van der Waals surface area (Å²) >= 11 is 12.3. The number of halogens is 3. The molecule has 100 valence electrons. The summed E-state index contributed by atoms with van der Waals surface area (Å²) in [7, 11) is 0. The topological polar surface area (TPSA) is 28.7 Å². The van der Waals surface area contributed by atoms with Gasteiger partial charge >= 0.3 is 0 Å². The predicted octanol–water partition coefficient (Wildman–Crippen LogP) is 5.19. The molecule has 0 fully saturated rings. The molecule has 1 heterocycles. The van der Waals surface area contributed by atoms with Crippen molar-refractivity contribution in [2.75, 3.05) is 0 Å². The van der Waals surface area contributed by atoms with Crippen molar-refractivity contribution in [3.8, 4) is 22.6 Å². The SMILES string of the molecule is Fc1ccc(-c2cnc(-c3c(Cl)cccc3Cl)[nH]2)cc1. The van der Waals surface area contributed by atoms with Gasteiger partial charge in [-0.2, -0.15) is 0 Å². The van der Waals surface area contributed by atoms with E-state index >= 15 is 0 Å². The van der Waals surface area contributed by atoms with E-state index in [0.29, 0.717) is 21.4 Å². The minimum absolute atomic E-state index is 0.275. The average Bonchev–Trinajstić information content (AvgIpc) is 2.89. The molecule has 0 aliphatic carbocycles. The van der Waals surface area contributed by atoms with Crippen LogP contribution in [0.3, 0.4) is 0 Å². The van der Waals surface area contributed by atoms with Crippen molar-refractivity contribution >= 4 is 23.2 Å². The molecular weight excluding hydrogens is 298 g/mol. The van der Waals surface area contributed by atoms with Gasteiger partial charge in [0.25, 0.3) is 0 Å². The van der Waals surface area contributed by atoms with E-state index in [1.165, 1.54) is 12.1 Å². The molecule has 20 heavy (non-hydrogen) atoms. The number of nitrogens with zero attached hydrogens (tertiary/aromatic N) is 1. The number of rotatable bonds is 2. The van der Waals surface area contributed by atoms with Crippen molar-refractivity contribution in [1.29, 1.82) is 0 Å². The highest BCUT2D eigenvalue weighted by atomic mass is 35.5. The number of aromatic nitrogens is 2. The zero-order chi connectivity index (χ0) is 14.1. The smallest absolute Gasteiger partial charge is 0.140 e. The van der Waals surface area contributed by atoms with Crippen molar-refractivity contribution in [2.45, 2.75) is 0 Å². The lowest BCUT2D eigenvalue weighted by atomic mass is 10.2. The first-order valence-electron chi connectivity index (χ1n) is 5.90. The van der Waals surface area contributed by atoms with Gasteiger partial charge in [0, 0.05) is 0 Å². The minimum Gasteiger partial charge on any atom is -0.338 e. The molecule has 3 aromatic rings. The van der Waals surface area contributed by atoms with Gasteiger partial charge in [-0.3, -0.25) is 0 Å². The third kappa shape index (κ3) is 2.42. The zero-order valence-corrected chi connectivity index (χ0v) is 11.7.